The molecule has 0 aliphatic heterocycles. The molecular formula is C19H19NO4. The fraction of sp³-hybridized carbons (Fsp3) is 0.211. The van der Waals surface area contributed by atoms with E-state index in [-0.39, 0.29) is 5.56 Å². The van der Waals surface area contributed by atoms with Gasteiger partial charge in [-0.3, -0.25) is 9.59 Å². The third kappa shape index (κ3) is 4.52. The van der Waals surface area contributed by atoms with Crippen LogP contribution < -0.4 is 5.32 Å². The molecule has 24 heavy (non-hydrogen) atoms. The smallest absolute Gasteiger partial charge is 0.338 e. The number of ether oxygens (including phenoxy) is 1. The molecule has 0 bridgehead atoms. The minimum Gasteiger partial charge on any atom is -0.449 e. The predicted molar refractivity (Wildman–Crippen MR) is 91.2 cm³/mol. The Morgan fingerprint density at radius 1 is 1.08 bits per heavy atom. The lowest BCUT2D eigenvalue weighted by atomic mass is 10.1. The molecule has 0 aromatic heterocycles. The second-order valence-corrected chi connectivity index (χ2v) is 5.33. The summed E-state index contributed by atoms with van der Waals surface area (Å²) in [7, 11) is 0. The van der Waals surface area contributed by atoms with Crippen molar-refractivity contribution in [2.45, 2.75) is 26.4 Å². The quantitative estimate of drug-likeness (QED) is 0.653. The molecule has 5 nitrogen and oxygen atoms in total. The summed E-state index contributed by atoms with van der Waals surface area (Å²) in [4.78, 5) is 34.7. The van der Waals surface area contributed by atoms with Gasteiger partial charge in [-0.2, -0.15) is 0 Å². The average Bonchev–Trinajstić information content (AvgIpc) is 2.62. The van der Waals surface area contributed by atoms with Crippen molar-refractivity contribution in [2.24, 2.45) is 0 Å². The summed E-state index contributed by atoms with van der Waals surface area (Å²) in [5.74, 6) is -1.02. The number of amides is 1. The Morgan fingerprint density at radius 3 is 2.25 bits per heavy atom. The zero-order valence-corrected chi connectivity index (χ0v) is 13.6. The van der Waals surface area contributed by atoms with Gasteiger partial charge < -0.3 is 10.1 Å². The number of aldehydes is 1. The molecule has 1 amide bonds. The molecule has 2 rings (SSSR count). The van der Waals surface area contributed by atoms with Crippen LogP contribution in [0.1, 0.15) is 40.1 Å². The van der Waals surface area contributed by atoms with E-state index in [0.29, 0.717) is 17.5 Å². The molecule has 5 heteroatoms. The molecular weight excluding hydrogens is 306 g/mol. The Balaban J connectivity index is 1.94. The van der Waals surface area contributed by atoms with E-state index >= 15 is 0 Å². The normalized spacial score (nSPS) is 11.4. The molecule has 0 saturated carbocycles. The number of carbonyl (C=O) groups excluding carboxylic acids is 3. The van der Waals surface area contributed by atoms with Gasteiger partial charge in [0.2, 0.25) is 0 Å². The van der Waals surface area contributed by atoms with E-state index < -0.39 is 18.0 Å². The number of hydrogen-bond donors (Lipinski definition) is 1. The summed E-state index contributed by atoms with van der Waals surface area (Å²) >= 11 is 0. The van der Waals surface area contributed by atoms with Gasteiger partial charge in [0, 0.05) is 11.3 Å². The first kappa shape index (κ1) is 17.4. The van der Waals surface area contributed by atoms with Crippen LogP contribution in [-0.2, 0) is 16.0 Å². The molecule has 0 spiro atoms. The Bertz CT molecular complexity index is 720. The van der Waals surface area contributed by atoms with Crippen molar-refractivity contribution in [3.05, 3.63) is 65.2 Å². The van der Waals surface area contributed by atoms with Crippen LogP contribution in [0.5, 0.6) is 0 Å². The maximum atomic E-state index is 12.1. The molecule has 2 aromatic carbocycles. The molecule has 1 atom stereocenters. The van der Waals surface area contributed by atoms with E-state index in [4.69, 9.17) is 4.74 Å². The van der Waals surface area contributed by atoms with Crippen LogP contribution in [0.25, 0.3) is 0 Å². The Hall–Kier alpha value is -2.95. The van der Waals surface area contributed by atoms with Crippen LogP contribution in [0.2, 0.25) is 0 Å². The van der Waals surface area contributed by atoms with Crippen molar-refractivity contribution in [3.63, 3.8) is 0 Å². The predicted octanol–water partition coefficient (Wildman–Crippen LogP) is 3.25. The highest BCUT2D eigenvalue weighted by Crippen LogP contribution is 2.12. The summed E-state index contributed by atoms with van der Waals surface area (Å²) in [6.07, 6.45) is 0.675. The molecule has 0 radical (unpaired) electrons. The molecule has 2 aromatic rings. The van der Waals surface area contributed by atoms with Crippen LogP contribution in [0.3, 0.4) is 0 Å². The fourth-order valence-corrected chi connectivity index (χ4v) is 2.05. The number of rotatable bonds is 6. The lowest BCUT2D eigenvalue weighted by Crippen LogP contribution is -2.30. The minimum absolute atomic E-state index is 0.285. The summed E-state index contributed by atoms with van der Waals surface area (Å²) in [5, 5.41) is 2.71. The number of anilines is 1. The third-order valence-electron chi connectivity index (χ3n) is 3.57. The molecule has 0 heterocycles. The SMILES string of the molecule is CCc1ccc(NC(=O)[C@@H](C)OC(=O)c2ccc(C=O)cc2)cc1. The van der Waals surface area contributed by atoms with E-state index in [2.05, 4.69) is 12.2 Å². The second-order valence-electron chi connectivity index (χ2n) is 5.33. The molecule has 124 valence electrons. The maximum absolute atomic E-state index is 12.1. The molecule has 0 aliphatic rings. The van der Waals surface area contributed by atoms with Crippen molar-refractivity contribution >= 4 is 23.9 Å². The number of aryl methyl sites for hydroxylation is 1. The van der Waals surface area contributed by atoms with Crippen LogP contribution in [0, 0.1) is 0 Å². The summed E-state index contributed by atoms with van der Waals surface area (Å²) < 4.78 is 5.15. The summed E-state index contributed by atoms with van der Waals surface area (Å²) in [6, 6.07) is 13.5. The minimum atomic E-state index is -0.936. The molecule has 0 aliphatic carbocycles. The third-order valence-corrected chi connectivity index (χ3v) is 3.57. The molecule has 0 unspecified atom stereocenters. The molecule has 0 saturated heterocycles. The lowest BCUT2D eigenvalue weighted by molar-refractivity contribution is -0.123. The average molecular weight is 325 g/mol. The van der Waals surface area contributed by atoms with Gasteiger partial charge in [0.1, 0.15) is 6.29 Å². The summed E-state index contributed by atoms with van der Waals surface area (Å²) in [5.41, 5.74) is 2.57. The van der Waals surface area contributed by atoms with Crippen LogP contribution in [-0.4, -0.2) is 24.3 Å². The van der Waals surface area contributed by atoms with Gasteiger partial charge in [0.25, 0.3) is 5.91 Å². The topological polar surface area (TPSA) is 72.5 Å². The van der Waals surface area contributed by atoms with E-state index in [1.54, 1.807) is 0 Å². The van der Waals surface area contributed by atoms with E-state index in [1.807, 2.05) is 24.3 Å². The van der Waals surface area contributed by atoms with Gasteiger partial charge in [-0.25, -0.2) is 4.79 Å². The highest BCUT2D eigenvalue weighted by Gasteiger charge is 2.19. The largest absolute Gasteiger partial charge is 0.449 e. The number of nitrogens with one attached hydrogen (secondary N) is 1. The highest BCUT2D eigenvalue weighted by atomic mass is 16.5. The lowest BCUT2D eigenvalue weighted by Gasteiger charge is -2.14. The summed E-state index contributed by atoms with van der Waals surface area (Å²) in [6.45, 7) is 3.56. The van der Waals surface area contributed by atoms with Crippen LogP contribution >= 0.6 is 0 Å². The van der Waals surface area contributed by atoms with Crippen LogP contribution in [0.4, 0.5) is 5.69 Å². The van der Waals surface area contributed by atoms with Crippen molar-refractivity contribution < 1.29 is 19.1 Å². The number of hydrogen-bond acceptors (Lipinski definition) is 4. The monoisotopic (exact) mass is 325 g/mol. The zero-order valence-electron chi connectivity index (χ0n) is 13.6. The Labute approximate surface area is 140 Å². The van der Waals surface area contributed by atoms with Crippen molar-refractivity contribution in [1.82, 2.24) is 0 Å². The first-order chi connectivity index (χ1) is 11.5. The standard InChI is InChI=1S/C19H19NO4/c1-3-14-6-10-17(11-7-14)20-18(22)13(2)24-19(23)16-8-4-15(12-21)5-9-16/h4-13H,3H2,1-2H3,(H,20,22)/t13-/m1/s1. The van der Waals surface area contributed by atoms with E-state index in [1.165, 1.54) is 36.8 Å². The Morgan fingerprint density at radius 2 is 1.71 bits per heavy atom. The van der Waals surface area contributed by atoms with Gasteiger partial charge in [-0.05, 0) is 43.2 Å². The Kier molecular flexibility index (Phi) is 5.84. The van der Waals surface area contributed by atoms with Crippen molar-refractivity contribution in [1.29, 1.82) is 0 Å². The number of carbonyl (C=O) groups is 3. The van der Waals surface area contributed by atoms with Crippen LogP contribution in [0.15, 0.2) is 48.5 Å². The van der Waals surface area contributed by atoms with Gasteiger partial charge in [0.15, 0.2) is 6.10 Å². The fourth-order valence-electron chi connectivity index (χ4n) is 2.05. The van der Waals surface area contributed by atoms with E-state index in [9.17, 15) is 14.4 Å². The molecule has 0 fully saturated rings. The van der Waals surface area contributed by atoms with Gasteiger partial charge in [-0.1, -0.05) is 31.2 Å². The maximum Gasteiger partial charge on any atom is 0.338 e. The number of benzene rings is 2. The number of esters is 1. The van der Waals surface area contributed by atoms with Gasteiger partial charge in [-0.15, -0.1) is 0 Å². The van der Waals surface area contributed by atoms with E-state index in [0.717, 1.165) is 6.42 Å². The zero-order chi connectivity index (χ0) is 17.5. The molecule has 1 N–H and O–H groups in total. The van der Waals surface area contributed by atoms with Crippen molar-refractivity contribution in [3.8, 4) is 0 Å². The highest BCUT2D eigenvalue weighted by molar-refractivity contribution is 5.97. The van der Waals surface area contributed by atoms with Gasteiger partial charge in [0.05, 0.1) is 5.56 Å². The van der Waals surface area contributed by atoms with Crippen molar-refractivity contribution in [2.75, 3.05) is 5.32 Å². The first-order valence-corrected chi connectivity index (χ1v) is 7.69. The second kappa shape index (κ2) is 8.06. The first-order valence-electron chi connectivity index (χ1n) is 7.69. The van der Waals surface area contributed by atoms with Gasteiger partial charge >= 0.3 is 5.97 Å².